The van der Waals surface area contributed by atoms with Gasteiger partial charge in [0.05, 0.1) is 26.5 Å². The van der Waals surface area contributed by atoms with Gasteiger partial charge in [-0.05, 0) is 55.0 Å². The Kier molecular flexibility index (Phi) is 7.18. The van der Waals surface area contributed by atoms with Crippen molar-refractivity contribution >= 4 is 18.0 Å². The van der Waals surface area contributed by atoms with Crippen molar-refractivity contribution < 1.29 is 24.2 Å². The maximum atomic E-state index is 12.0. The second-order valence-electron chi connectivity index (χ2n) is 5.36. The van der Waals surface area contributed by atoms with Crippen LogP contribution >= 0.6 is 0 Å². The van der Waals surface area contributed by atoms with E-state index in [1.54, 1.807) is 43.3 Å². The van der Waals surface area contributed by atoms with Crippen LogP contribution in [0.15, 0.2) is 47.6 Å². The lowest BCUT2D eigenvalue weighted by atomic mass is 10.2. The summed E-state index contributed by atoms with van der Waals surface area (Å²) in [5.41, 5.74) is 3.37. The molecular weight excluding hydrogens is 350 g/mol. The molecule has 0 fully saturated rings. The van der Waals surface area contributed by atoms with E-state index in [-0.39, 0.29) is 18.2 Å². The topological polar surface area (TPSA) is 109 Å². The van der Waals surface area contributed by atoms with Gasteiger partial charge in [0.15, 0.2) is 11.5 Å². The second-order valence-corrected chi connectivity index (χ2v) is 5.36. The Hall–Kier alpha value is -3.55. The number of hydrazone groups is 1. The Bertz CT molecular complexity index is 819. The van der Waals surface area contributed by atoms with Gasteiger partial charge < -0.3 is 19.9 Å². The third kappa shape index (κ3) is 6.03. The molecule has 0 unspecified atom stereocenters. The molecule has 0 aromatic heterocycles. The van der Waals surface area contributed by atoms with E-state index in [2.05, 4.69) is 15.8 Å². The molecule has 142 valence electrons. The highest BCUT2D eigenvalue weighted by Crippen LogP contribution is 2.26. The van der Waals surface area contributed by atoms with E-state index >= 15 is 0 Å². The Morgan fingerprint density at radius 1 is 1.19 bits per heavy atom. The Morgan fingerprint density at radius 3 is 2.59 bits per heavy atom. The molecule has 0 saturated heterocycles. The van der Waals surface area contributed by atoms with Crippen molar-refractivity contribution in [1.82, 2.24) is 10.7 Å². The summed E-state index contributed by atoms with van der Waals surface area (Å²) in [7, 11) is 1.54. The highest BCUT2D eigenvalue weighted by atomic mass is 16.5. The van der Waals surface area contributed by atoms with E-state index < -0.39 is 5.91 Å². The maximum Gasteiger partial charge on any atom is 0.259 e. The zero-order chi connectivity index (χ0) is 19.6. The van der Waals surface area contributed by atoms with E-state index in [1.807, 2.05) is 0 Å². The smallest absolute Gasteiger partial charge is 0.259 e. The SMILES string of the molecule is CCOc1cc(/C=N\NC(=O)CNC(=O)c2ccc(OC)cc2)ccc1O. The number of phenols is 1. The van der Waals surface area contributed by atoms with Crippen LogP contribution in [-0.2, 0) is 4.79 Å². The van der Waals surface area contributed by atoms with Crippen LogP contribution in [0, 0.1) is 0 Å². The number of phenolic OH excluding ortho intramolecular Hbond substituents is 1. The lowest BCUT2D eigenvalue weighted by molar-refractivity contribution is -0.120. The van der Waals surface area contributed by atoms with Crippen LogP contribution in [0.1, 0.15) is 22.8 Å². The Labute approximate surface area is 156 Å². The molecule has 0 atom stereocenters. The summed E-state index contributed by atoms with van der Waals surface area (Å²) in [6, 6.07) is 11.2. The molecule has 0 aliphatic heterocycles. The molecule has 0 saturated carbocycles. The number of rotatable bonds is 8. The number of methoxy groups -OCH3 is 1. The van der Waals surface area contributed by atoms with Gasteiger partial charge in [-0.1, -0.05) is 0 Å². The van der Waals surface area contributed by atoms with Gasteiger partial charge in [-0.25, -0.2) is 5.43 Å². The monoisotopic (exact) mass is 371 g/mol. The van der Waals surface area contributed by atoms with Crippen molar-refractivity contribution in [2.24, 2.45) is 5.10 Å². The number of amides is 2. The van der Waals surface area contributed by atoms with Gasteiger partial charge in [-0.3, -0.25) is 9.59 Å². The molecule has 8 nitrogen and oxygen atoms in total. The van der Waals surface area contributed by atoms with Crippen molar-refractivity contribution in [3.05, 3.63) is 53.6 Å². The fourth-order valence-corrected chi connectivity index (χ4v) is 2.11. The normalized spacial score (nSPS) is 10.4. The number of nitrogens with zero attached hydrogens (tertiary/aromatic N) is 1. The van der Waals surface area contributed by atoms with Crippen molar-refractivity contribution in [2.45, 2.75) is 6.92 Å². The molecule has 0 radical (unpaired) electrons. The number of nitrogens with one attached hydrogen (secondary N) is 2. The predicted molar refractivity (Wildman–Crippen MR) is 100 cm³/mol. The summed E-state index contributed by atoms with van der Waals surface area (Å²) < 4.78 is 10.3. The number of hydrogen-bond donors (Lipinski definition) is 3. The van der Waals surface area contributed by atoms with Crippen molar-refractivity contribution in [3.8, 4) is 17.2 Å². The molecule has 3 N–H and O–H groups in total. The van der Waals surface area contributed by atoms with Crippen LogP contribution in [0.3, 0.4) is 0 Å². The summed E-state index contributed by atoms with van der Waals surface area (Å²) in [4.78, 5) is 23.7. The van der Waals surface area contributed by atoms with Gasteiger partial charge >= 0.3 is 0 Å². The van der Waals surface area contributed by atoms with Crippen molar-refractivity contribution in [2.75, 3.05) is 20.3 Å². The molecule has 2 rings (SSSR count). The molecule has 2 aromatic rings. The molecule has 27 heavy (non-hydrogen) atoms. The summed E-state index contributed by atoms with van der Waals surface area (Å²) in [5.74, 6) is 0.146. The largest absolute Gasteiger partial charge is 0.504 e. The third-order valence-corrected chi connectivity index (χ3v) is 3.45. The van der Waals surface area contributed by atoms with Crippen LogP contribution in [0.4, 0.5) is 0 Å². The summed E-state index contributed by atoms with van der Waals surface area (Å²) in [6.07, 6.45) is 1.41. The summed E-state index contributed by atoms with van der Waals surface area (Å²) >= 11 is 0. The molecule has 0 spiro atoms. The standard InChI is InChI=1S/C19H21N3O5/c1-3-27-17-10-13(4-9-16(17)23)11-21-22-18(24)12-20-19(25)14-5-7-15(26-2)8-6-14/h4-11,23H,3,12H2,1-2H3,(H,20,25)(H,22,24)/b21-11-. The van der Waals surface area contributed by atoms with Crippen LogP contribution in [0.5, 0.6) is 17.2 Å². The van der Waals surface area contributed by atoms with Gasteiger partial charge in [0.25, 0.3) is 11.8 Å². The lowest BCUT2D eigenvalue weighted by Gasteiger charge is -2.06. The predicted octanol–water partition coefficient (Wildman–Crippen LogP) is 1.68. The minimum Gasteiger partial charge on any atom is -0.504 e. The number of ether oxygens (including phenoxy) is 2. The molecular formula is C19H21N3O5. The zero-order valence-corrected chi connectivity index (χ0v) is 15.1. The summed E-state index contributed by atoms with van der Waals surface area (Å²) in [5, 5.41) is 16.0. The van der Waals surface area contributed by atoms with Gasteiger partial charge in [-0.15, -0.1) is 0 Å². The van der Waals surface area contributed by atoms with E-state index in [1.165, 1.54) is 19.4 Å². The zero-order valence-electron chi connectivity index (χ0n) is 15.1. The number of carbonyl (C=O) groups excluding carboxylic acids is 2. The minimum atomic E-state index is -0.475. The fraction of sp³-hybridized carbons (Fsp3) is 0.211. The maximum absolute atomic E-state index is 12.0. The fourth-order valence-electron chi connectivity index (χ4n) is 2.11. The van der Waals surface area contributed by atoms with E-state index in [4.69, 9.17) is 9.47 Å². The first-order valence-electron chi connectivity index (χ1n) is 8.23. The molecule has 2 aromatic carbocycles. The quantitative estimate of drug-likeness (QED) is 0.483. The second kappa shape index (κ2) is 9.81. The number of benzene rings is 2. The number of hydrogen-bond acceptors (Lipinski definition) is 6. The van der Waals surface area contributed by atoms with Gasteiger partial charge in [0.2, 0.25) is 0 Å². The highest BCUT2D eigenvalue weighted by molar-refractivity contribution is 5.96. The van der Waals surface area contributed by atoms with Gasteiger partial charge in [-0.2, -0.15) is 5.10 Å². The molecule has 0 bridgehead atoms. The first-order chi connectivity index (χ1) is 13.0. The summed E-state index contributed by atoms with van der Waals surface area (Å²) in [6.45, 7) is 2.00. The van der Waals surface area contributed by atoms with Crippen LogP contribution in [0.25, 0.3) is 0 Å². The van der Waals surface area contributed by atoms with Crippen molar-refractivity contribution in [1.29, 1.82) is 0 Å². The minimum absolute atomic E-state index is 0.0271. The first-order valence-corrected chi connectivity index (χ1v) is 8.23. The number of carbonyl (C=O) groups is 2. The number of aromatic hydroxyl groups is 1. The van der Waals surface area contributed by atoms with Gasteiger partial charge in [0.1, 0.15) is 5.75 Å². The van der Waals surface area contributed by atoms with E-state index in [0.29, 0.717) is 29.2 Å². The van der Waals surface area contributed by atoms with Crippen LogP contribution in [-0.4, -0.2) is 43.4 Å². The molecule has 0 aliphatic carbocycles. The Balaban J connectivity index is 1.82. The first kappa shape index (κ1) is 19.8. The highest BCUT2D eigenvalue weighted by Gasteiger charge is 2.08. The lowest BCUT2D eigenvalue weighted by Crippen LogP contribution is -2.34. The Morgan fingerprint density at radius 2 is 1.93 bits per heavy atom. The third-order valence-electron chi connectivity index (χ3n) is 3.45. The molecule has 8 heteroatoms. The average Bonchev–Trinajstić information content (AvgIpc) is 2.68. The molecule has 0 aliphatic rings. The van der Waals surface area contributed by atoms with E-state index in [0.717, 1.165) is 0 Å². The molecule has 0 heterocycles. The molecule has 2 amide bonds. The van der Waals surface area contributed by atoms with E-state index in [9.17, 15) is 14.7 Å². The average molecular weight is 371 g/mol. The van der Waals surface area contributed by atoms with Crippen LogP contribution < -0.4 is 20.2 Å². The van der Waals surface area contributed by atoms with Crippen LogP contribution in [0.2, 0.25) is 0 Å². The van der Waals surface area contributed by atoms with Crippen molar-refractivity contribution in [3.63, 3.8) is 0 Å². The van der Waals surface area contributed by atoms with Gasteiger partial charge in [0, 0.05) is 5.56 Å².